The minimum atomic E-state index is -5.07. The molecule has 142 valence electrons. The molecule has 1 aliphatic heterocycles. The van der Waals surface area contributed by atoms with Gasteiger partial charge in [0.05, 0.1) is 12.2 Å². The number of halogens is 5. The van der Waals surface area contributed by atoms with E-state index in [1.54, 1.807) is 0 Å². The van der Waals surface area contributed by atoms with E-state index in [9.17, 15) is 27.2 Å². The minimum absolute atomic E-state index is 0.0152. The fraction of sp³-hybridized carbons (Fsp3) is 0.176. The summed E-state index contributed by atoms with van der Waals surface area (Å²) in [4.78, 5) is 23.8. The molecule has 0 saturated heterocycles. The Bertz CT molecular complexity index is 919. The molecule has 0 fully saturated rings. The van der Waals surface area contributed by atoms with Crippen LogP contribution < -0.4 is 10.6 Å². The van der Waals surface area contributed by atoms with Crippen LogP contribution in [0, 0.1) is 5.82 Å². The molecular weight excluding hydrogens is 392 g/mol. The summed E-state index contributed by atoms with van der Waals surface area (Å²) in [6, 6.07) is 7.93. The van der Waals surface area contributed by atoms with Crippen LogP contribution in [0.15, 0.2) is 42.5 Å². The maximum absolute atomic E-state index is 13.9. The number of cyclic esters (lactones) is 1. The highest BCUT2D eigenvalue weighted by molar-refractivity contribution is 6.30. The third-order valence-corrected chi connectivity index (χ3v) is 4.20. The number of hydrogen-bond acceptors (Lipinski definition) is 3. The Morgan fingerprint density at radius 2 is 1.96 bits per heavy atom. The SMILES string of the molecule is O=C1Nc2ccc(Cl)cc2C(CNC(=O)c2cccc(F)c2)(C(F)(F)F)O1. The first-order valence-corrected chi connectivity index (χ1v) is 7.91. The highest BCUT2D eigenvalue weighted by Gasteiger charge is 2.62. The van der Waals surface area contributed by atoms with Crippen molar-refractivity contribution in [3.05, 3.63) is 64.4 Å². The van der Waals surface area contributed by atoms with Crippen molar-refractivity contribution in [1.82, 2.24) is 5.32 Å². The van der Waals surface area contributed by atoms with Gasteiger partial charge < -0.3 is 10.1 Å². The van der Waals surface area contributed by atoms with E-state index < -0.39 is 41.7 Å². The molecule has 0 aromatic heterocycles. The van der Waals surface area contributed by atoms with E-state index in [-0.39, 0.29) is 16.3 Å². The number of amides is 2. The number of alkyl halides is 3. The second-order valence-electron chi connectivity index (χ2n) is 5.72. The molecule has 27 heavy (non-hydrogen) atoms. The van der Waals surface area contributed by atoms with Crippen LogP contribution >= 0.6 is 11.6 Å². The average Bonchev–Trinajstić information content (AvgIpc) is 2.58. The highest BCUT2D eigenvalue weighted by Crippen LogP contribution is 2.47. The smallest absolute Gasteiger partial charge is 0.426 e. The summed E-state index contributed by atoms with van der Waals surface area (Å²) in [5.74, 6) is -1.69. The van der Waals surface area contributed by atoms with Gasteiger partial charge in [-0.2, -0.15) is 13.2 Å². The van der Waals surface area contributed by atoms with Crippen LogP contribution in [-0.4, -0.2) is 24.7 Å². The molecule has 2 N–H and O–H groups in total. The monoisotopic (exact) mass is 402 g/mol. The van der Waals surface area contributed by atoms with Crippen LogP contribution in [0.5, 0.6) is 0 Å². The minimum Gasteiger partial charge on any atom is -0.426 e. The van der Waals surface area contributed by atoms with E-state index in [4.69, 9.17) is 11.6 Å². The normalized spacial score (nSPS) is 18.9. The van der Waals surface area contributed by atoms with Crippen LogP contribution in [-0.2, 0) is 10.3 Å². The summed E-state index contributed by atoms with van der Waals surface area (Å²) < 4.78 is 59.6. The van der Waals surface area contributed by atoms with Crippen molar-refractivity contribution in [3.8, 4) is 0 Å². The fourth-order valence-corrected chi connectivity index (χ4v) is 2.86. The molecule has 2 aromatic carbocycles. The Balaban J connectivity index is 1.99. The van der Waals surface area contributed by atoms with E-state index in [1.165, 1.54) is 24.3 Å². The molecule has 2 amide bonds. The summed E-state index contributed by atoms with van der Waals surface area (Å²) in [7, 11) is 0. The standard InChI is InChI=1S/C17H11ClF4N2O3/c18-10-4-5-13-12(7-10)16(17(20,21)22,27-15(26)24-13)8-23-14(25)9-2-1-3-11(19)6-9/h1-7H,8H2,(H,23,25)(H,24,26). The van der Waals surface area contributed by atoms with Crippen LogP contribution in [0.3, 0.4) is 0 Å². The molecular formula is C17H11ClF4N2O3. The number of hydrogen-bond donors (Lipinski definition) is 2. The van der Waals surface area contributed by atoms with Gasteiger partial charge in [0, 0.05) is 16.1 Å². The maximum Gasteiger partial charge on any atom is 0.434 e. The lowest BCUT2D eigenvalue weighted by Crippen LogP contribution is -2.56. The number of ether oxygens (including phenoxy) is 1. The van der Waals surface area contributed by atoms with Gasteiger partial charge in [0.15, 0.2) is 0 Å². The van der Waals surface area contributed by atoms with Crippen molar-refractivity contribution in [2.45, 2.75) is 11.8 Å². The molecule has 3 rings (SSSR count). The van der Waals surface area contributed by atoms with Gasteiger partial charge in [-0.1, -0.05) is 17.7 Å². The van der Waals surface area contributed by atoms with Crippen molar-refractivity contribution in [2.24, 2.45) is 0 Å². The van der Waals surface area contributed by atoms with Gasteiger partial charge in [-0.3, -0.25) is 10.1 Å². The molecule has 1 atom stereocenters. The Morgan fingerprint density at radius 3 is 2.63 bits per heavy atom. The van der Waals surface area contributed by atoms with E-state index in [2.05, 4.69) is 15.4 Å². The predicted octanol–water partition coefficient (Wildman–Crippen LogP) is 4.23. The zero-order chi connectivity index (χ0) is 19.8. The molecule has 1 unspecified atom stereocenters. The van der Waals surface area contributed by atoms with Crippen molar-refractivity contribution in [3.63, 3.8) is 0 Å². The quantitative estimate of drug-likeness (QED) is 0.755. The topological polar surface area (TPSA) is 67.4 Å². The second-order valence-corrected chi connectivity index (χ2v) is 6.16. The lowest BCUT2D eigenvalue weighted by Gasteiger charge is -2.39. The second kappa shape index (κ2) is 6.73. The Hall–Kier alpha value is -2.81. The van der Waals surface area contributed by atoms with E-state index in [1.807, 2.05) is 0 Å². The van der Waals surface area contributed by atoms with Crippen LogP contribution in [0.4, 0.5) is 28.0 Å². The van der Waals surface area contributed by atoms with E-state index >= 15 is 0 Å². The summed E-state index contributed by atoms with van der Waals surface area (Å²) >= 11 is 5.80. The Labute approximate surface area is 155 Å². The average molecular weight is 403 g/mol. The number of carbonyl (C=O) groups excluding carboxylic acids is 2. The predicted molar refractivity (Wildman–Crippen MR) is 88.0 cm³/mol. The first-order chi connectivity index (χ1) is 12.6. The molecule has 0 spiro atoms. The number of benzene rings is 2. The van der Waals surface area contributed by atoms with Crippen LogP contribution in [0.25, 0.3) is 0 Å². The molecule has 5 nitrogen and oxygen atoms in total. The van der Waals surface area contributed by atoms with Gasteiger partial charge in [0.2, 0.25) is 0 Å². The van der Waals surface area contributed by atoms with Gasteiger partial charge in [0.1, 0.15) is 5.82 Å². The summed E-state index contributed by atoms with van der Waals surface area (Å²) in [5, 5.41) is 4.19. The lowest BCUT2D eigenvalue weighted by molar-refractivity contribution is -0.261. The maximum atomic E-state index is 13.9. The van der Waals surface area contributed by atoms with Gasteiger partial charge in [0.25, 0.3) is 11.5 Å². The van der Waals surface area contributed by atoms with Gasteiger partial charge >= 0.3 is 12.3 Å². The van der Waals surface area contributed by atoms with Crippen molar-refractivity contribution in [2.75, 3.05) is 11.9 Å². The van der Waals surface area contributed by atoms with Crippen LogP contribution in [0.2, 0.25) is 5.02 Å². The summed E-state index contributed by atoms with van der Waals surface area (Å²) in [6.07, 6.45) is -6.40. The molecule has 0 saturated carbocycles. The van der Waals surface area contributed by atoms with Crippen molar-refractivity contribution >= 4 is 29.3 Å². The third-order valence-electron chi connectivity index (χ3n) is 3.96. The van der Waals surface area contributed by atoms with E-state index in [0.29, 0.717) is 0 Å². The van der Waals surface area contributed by atoms with Gasteiger partial charge in [-0.15, -0.1) is 0 Å². The zero-order valence-electron chi connectivity index (χ0n) is 13.4. The fourth-order valence-electron chi connectivity index (χ4n) is 2.69. The van der Waals surface area contributed by atoms with Gasteiger partial charge in [-0.05, 0) is 36.4 Å². The molecule has 10 heteroatoms. The van der Waals surface area contributed by atoms with Crippen molar-refractivity contribution in [1.29, 1.82) is 0 Å². The number of anilines is 1. The first-order valence-electron chi connectivity index (χ1n) is 7.53. The molecule has 0 radical (unpaired) electrons. The third kappa shape index (κ3) is 3.55. The lowest BCUT2D eigenvalue weighted by atomic mass is 9.89. The zero-order valence-corrected chi connectivity index (χ0v) is 14.1. The highest BCUT2D eigenvalue weighted by atomic mass is 35.5. The number of rotatable bonds is 3. The van der Waals surface area contributed by atoms with Crippen LogP contribution in [0.1, 0.15) is 15.9 Å². The number of carbonyl (C=O) groups is 2. The number of fused-ring (bicyclic) bond motifs is 1. The molecule has 1 aliphatic rings. The number of nitrogens with one attached hydrogen (secondary N) is 2. The Kier molecular flexibility index (Phi) is 4.73. The van der Waals surface area contributed by atoms with Crippen molar-refractivity contribution < 1.29 is 31.9 Å². The molecule has 0 bridgehead atoms. The Morgan fingerprint density at radius 1 is 1.22 bits per heavy atom. The molecule has 2 aromatic rings. The molecule has 1 heterocycles. The molecule has 0 aliphatic carbocycles. The summed E-state index contributed by atoms with van der Waals surface area (Å²) in [5.41, 5.74) is -3.94. The largest absolute Gasteiger partial charge is 0.434 e. The first kappa shape index (κ1) is 19.0. The summed E-state index contributed by atoms with van der Waals surface area (Å²) in [6.45, 7) is -1.12. The van der Waals surface area contributed by atoms with E-state index in [0.717, 1.165) is 18.2 Å². The van der Waals surface area contributed by atoms with Gasteiger partial charge in [-0.25, -0.2) is 9.18 Å².